The predicted molar refractivity (Wildman–Crippen MR) is 95.0 cm³/mol. The van der Waals surface area contributed by atoms with Crippen molar-refractivity contribution < 1.29 is 13.2 Å². The van der Waals surface area contributed by atoms with Crippen LogP contribution in [0.1, 0.15) is 18.4 Å². The fraction of sp³-hybridized carbons (Fsp3) is 0.533. The van der Waals surface area contributed by atoms with E-state index in [1.54, 1.807) is 7.11 Å². The first kappa shape index (κ1) is 21.2. The smallest absolute Gasteiger partial charge is 0.242 e. The van der Waals surface area contributed by atoms with Gasteiger partial charge < -0.3 is 10.1 Å². The van der Waals surface area contributed by atoms with Crippen LogP contribution in [0.15, 0.2) is 23.1 Å². The molecule has 1 saturated heterocycles. The molecule has 1 heterocycles. The van der Waals surface area contributed by atoms with Crippen molar-refractivity contribution in [3.63, 3.8) is 0 Å². The zero-order valence-electron chi connectivity index (χ0n) is 13.3. The first-order valence-corrected chi connectivity index (χ1v) is 9.18. The van der Waals surface area contributed by atoms with Gasteiger partial charge in [0, 0.05) is 19.1 Å². The number of hydrogen-bond donors (Lipinski definition) is 2. The van der Waals surface area contributed by atoms with Crippen LogP contribution in [0.3, 0.4) is 0 Å². The number of benzene rings is 1. The Balaban J connectivity index is 0.00000288. The molecule has 0 radical (unpaired) electrons. The van der Waals surface area contributed by atoms with E-state index in [1.807, 2.05) is 6.07 Å². The maximum absolute atomic E-state index is 12.5. The number of rotatable bonds is 6. The molecule has 1 aliphatic heterocycles. The Morgan fingerprint density at radius 2 is 2.08 bits per heavy atom. The van der Waals surface area contributed by atoms with Crippen LogP contribution in [0.25, 0.3) is 0 Å². The molecule has 2 rings (SSSR count). The molecule has 0 unspecified atom stereocenters. The van der Waals surface area contributed by atoms with E-state index in [9.17, 15) is 8.42 Å². The minimum absolute atomic E-state index is 0. The lowest BCUT2D eigenvalue weighted by atomic mass is 9.80. The summed E-state index contributed by atoms with van der Waals surface area (Å²) in [5.74, 6) is 0. The minimum atomic E-state index is -3.74. The maximum atomic E-state index is 12.5. The number of hydrogen-bond acceptors (Lipinski definition) is 5. The molecule has 0 bridgehead atoms. The normalized spacial score (nSPS) is 16.9. The van der Waals surface area contributed by atoms with E-state index in [-0.39, 0.29) is 27.7 Å². The summed E-state index contributed by atoms with van der Waals surface area (Å²) in [6, 6.07) is 6.08. The van der Waals surface area contributed by atoms with Crippen LogP contribution in [0.4, 0.5) is 0 Å². The van der Waals surface area contributed by atoms with Crippen molar-refractivity contribution in [1.82, 2.24) is 10.0 Å². The summed E-state index contributed by atoms with van der Waals surface area (Å²) in [6.07, 6.45) is 1.68. The highest BCUT2D eigenvalue weighted by molar-refractivity contribution is 7.89. The van der Waals surface area contributed by atoms with Crippen LogP contribution in [0.5, 0.6) is 0 Å². The second kappa shape index (κ2) is 8.99. The Morgan fingerprint density at radius 3 is 2.62 bits per heavy atom. The number of ether oxygens (including phenoxy) is 1. The van der Waals surface area contributed by atoms with E-state index in [1.165, 1.54) is 18.2 Å². The number of sulfonamides is 1. The summed E-state index contributed by atoms with van der Waals surface area (Å²) in [6.45, 7) is 2.46. The zero-order valence-corrected chi connectivity index (χ0v) is 15.7. The van der Waals surface area contributed by atoms with E-state index in [2.05, 4.69) is 10.0 Å². The third-order valence-corrected chi connectivity index (χ3v) is 5.99. The lowest BCUT2D eigenvalue weighted by Crippen LogP contribution is -2.47. The number of piperidine rings is 1. The molecule has 1 aromatic carbocycles. The van der Waals surface area contributed by atoms with Gasteiger partial charge in [0.25, 0.3) is 0 Å². The molecule has 0 spiro atoms. The Bertz CT molecular complexity index is 693. The van der Waals surface area contributed by atoms with Crippen molar-refractivity contribution in [2.24, 2.45) is 5.41 Å². The van der Waals surface area contributed by atoms with Crippen molar-refractivity contribution in [2.75, 3.05) is 33.4 Å². The highest BCUT2D eigenvalue weighted by atomic mass is 35.5. The lowest BCUT2D eigenvalue weighted by Gasteiger charge is -2.37. The number of nitrogens with zero attached hydrogens (tertiary/aromatic N) is 1. The summed E-state index contributed by atoms with van der Waals surface area (Å²) in [4.78, 5) is -0.0142. The standard InChI is InChI=1S/C15H20ClN3O3S.ClH/c1-22-11-15(4-6-18-7-5-15)10-19-23(20,21)14-3-2-12(9-17)8-13(14)16;/h2-3,8,18-19H,4-7,10-11H2,1H3;1H. The molecular weight excluding hydrogens is 373 g/mol. The van der Waals surface area contributed by atoms with Crippen molar-refractivity contribution in [3.8, 4) is 6.07 Å². The molecule has 1 aromatic rings. The third-order valence-electron chi connectivity index (χ3n) is 4.10. The van der Waals surface area contributed by atoms with Gasteiger partial charge in [-0.25, -0.2) is 13.1 Å². The first-order valence-electron chi connectivity index (χ1n) is 7.31. The molecule has 0 aliphatic carbocycles. The molecule has 1 aliphatic rings. The second-order valence-electron chi connectivity index (χ2n) is 5.76. The minimum Gasteiger partial charge on any atom is -0.384 e. The monoisotopic (exact) mass is 393 g/mol. The van der Waals surface area contributed by atoms with Gasteiger partial charge in [-0.3, -0.25) is 0 Å². The van der Waals surface area contributed by atoms with Gasteiger partial charge in [0.05, 0.1) is 23.3 Å². The molecule has 0 saturated carbocycles. The molecule has 2 N–H and O–H groups in total. The fourth-order valence-electron chi connectivity index (χ4n) is 2.75. The molecule has 0 aromatic heterocycles. The van der Waals surface area contributed by atoms with E-state index in [0.717, 1.165) is 25.9 Å². The Morgan fingerprint density at radius 1 is 1.42 bits per heavy atom. The van der Waals surface area contributed by atoms with Gasteiger partial charge in [0.15, 0.2) is 0 Å². The maximum Gasteiger partial charge on any atom is 0.242 e. The summed E-state index contributed by atoms with van der Waals surface area (Å²) < 4.78 is 32.9. The van der Waals surface area contributed by atoms with Crippen LogP contribution in [0.2, 0.25) is 5.02 Å². The Labute approximate surface area is 154 Å². The summed E-state index contributed by atoms with van der Waals surface area (Å²) >= 11 is 6.01. The molecule has 9 heteroatoms. The highest BCUT2D eigenvalue weighted by Gasteiger charge is 2.34. The number of halogens is 2. The van der Waals surface area contributed by atoms with Crippen LogP contribution in [-0.2, 0) is 14.8 Å². The van der Waals surface area contributed by atoms with Gasteiger partial charge in [-0.05, 0) is 44.1 Å². The van der Waals surface area contributed by atoms with Gasteiger partial charge in [-0.2, -0.15) is 5.26 Å². The second-order valence-corrected chi connectivity index (χ2v) is 7.91. The topological polar surface area (TPSA) is 91.2 Å². The quantitative estimate of drug-likeness (QED) is 0.770. The molecule has 1 fully saturated rings. The summed E-state index contributed by atoms with van der Waals surface area (Å²) in [5.41, 5.74) is 0.106. The molecule has 0 amide bonds. The van der Waals surface area contributed by atoms with Gasteiger partial charge in [-0.15, -0.1) is 12.4 Å². The largest absolute Gasteiger partial charge is 0.384 e. The van der Waals surface area contributed by atoms with E-state index >= 15 is 0 Å². The van der Waals surface area contributed by atoms with Crippen LogP contribution < -0.4 is 10.0 Å². The number of methoxy groups -OCH3 is 1. The van der Waals surface area contributed by atoms with E-state index < -0.39 is 10.0 Å². The van der Waals surface area contributed by atoms with Gasteiger partial charge in [-0.1, -0.05) is 11.6 Å². The highest BCUT2D eigenvalue weighted by Crippen LogP contribution is 2.29. The van der Waals surface area contributed by atoms with Gasteiger partial charge in [0.2, 0.25) is 10.0 Å². The van der Waals surface area contributed by atoms with Crippen molar-refractivity contribution in [3.05, 3.63) is 28.8 Å². The predicted octanol–water partition coefficient (Wildman–Crippen LogP) is 1.93. The van der Waals surface area contributed by atoms with Gasteiger partial charge >= 0.3 is 0 Å². The third kappa shape index (κ3) is 5.06. The van der Waals surface area contributed by atoms with E-state index in [0.29, 0.717) is 18.7 Å². The van der Waals surface area contributed by atoms with Crippen LogP contribution in [-0.4, -0.2) is 41.8 Å². The van der Waals surface area contributed by atoms with Crippen molar-refractivity contribution >= 4 is 34.0 Å². The number of nitrogens with one attached hydrogen (secondary N) is 2. The van der Waals surface area contributed by atoms with Crippen molar-refractivity contribution in [2.45, 2.75) is 17.7 Å². The fourth-order valence-corrected chi connectivity index (χ4v) is 4.45. The first-order chi connectivity index (χ1) is 10.9. The average Bonchev–Trinajstić information content (AvgIpc) is 2.54. The lowest BCUT2D eigenvalue weighted by molar-refractivity contribution is 0.0577. The molecule has 134 valence electrons. The van der Waals surface area contributed by atoms with Crippen LogP contribution >= 0.6 is 24.0 Å². The molecular formula is C15H21Cl2N3O3S. The van der Waals surface area contributed by atoms with E-state index in [4.69, 9.17) is 21.6 Å². The summed E-state index contributed by atoms with van der Waals surface area (Å²) in [5, 5.41) is 12.1. The SMILES string of the molecule is COCC1(CNS(=O)(=O)c2ccc(C#N)cc2Cl)CCNCC1.Cl. The molecule has 6 nitrogen and oxygen atoms in total. The molecule has 0 atom stereocenters. The summed E-state index contributed by atoms with van der Waals surface area (Å²) in [7, 11) is -2.12. The average molecular weight is 394 g/mol. The molecule has 24 heavy (non-hydrogen) atoms. The van der Waals surface area contributed by atoms with Crippen molar-refractivity contribution in [1.29, 1.82) is 5.26 Å². The Hall–Kier alpha value is -0.880. The van der Waals surface area contributed by atoms with Crippen LogP contribution in [0, 0.1) is 16.7 Å². The number of nitriles is 1. The zero-order chi connectivity index (χ0) is 16.9. The Kier molecular flexibility index (Phi) is 7.93. The van der Waals surface area contributed by atoms with Gasteiger partial charge in [0.1, 0.15) is 4.90 Å².